The lowest BCUT2D eigenvalue weighted by Gasteiger charge is -2.33. The third-order valence-electron chi connectivity index (χ3n) is 5.32. The first kappa shape index (κ1) is 24.1. The number of H-pyrrole nitrogens is 1. The van der Waals surface area contributed by atoms with Crippen molar-refractivity contribution in [3.63, 3.8) is 0 Å². The summed E-state index contributed by atoms with van der Waals surface area (Å²) in [6.45, 7) is 1.87. The van der Waals surface area contributed by atoms with E-state index in [-0.39, 0.29) is 36.8 Å². The molecule has 0 radical (unpaired) electrons. The maximum Gasteiger partial charge on any atom is 0.269 e. The van der Waals surface area contributed by atoms with Gasteiger partial charge in [-0.2, -0.15) is 0 Å². The second-order valence-corrected chi connectivity index (χ2v) is 8.17. The molecule has 4 rings (SSSR count). The number of hydrogen-bond donors (Lipinski definition) is 3. The number of halogens is 2. The molecule has 1 unspecified atom stereocenters. The van der Waals surface area contributed by atoms with Gasteiger partial charge in [-0.15, -0.1) is 12.4 Å². The van der Waals surface area contributed by atoms with Gasteiger partial charge in [-0.05, 0) is 29.8 Å². The number of aromatic nitrogens is 1. The van der Waals surface area contributed by atoms with Crippen molar-refractivity contribution in [3.8, 4) is 0 Å². The first-order valence-corrected chi connectivity index (χ1v) is 10.5. The fourth-order valence-corrected chi connectivity index (χ4v) is 3.94. The van der Waals surface area contributed by atoms with E-state index in [0.29, 0.717) is 31.3 Å². The lowest BCUT2D eigenvalue weighted by Crippen LogP contribution is -2.54. The van der Waals surface area contributed by atoms with Gasteiger partial charge in [-0.3, -0.25) is 9.59 Å². The van der Waals surface area contributed by atoms with Crippen LogP contribution in [0.25, 0.3) is 10.9 Å². The van der Waals surface area contributed by atoms with Gasteiger partial charge in [0.05, 0.1) is 19.6 Å². The van der Waals surface area contributed by atoms with Gasteiger partial charge in [0.15, 0.2) is 5.72 Å². The van der Waals surface area contributed by atoms with Crippen LogP contribution in [0, 0.1) is 0 Å². The SMILES string of the molecule is Cl.O=C(NC(O)(CC(=O)N1CCOCC1)Cc1ccccc1)c1cc2cc(Cl)ccc2[nH]1. The summed E-state index contributed by atoms with van der Waals surface area (Å²) in [5.41, 5.74) is 0.0968. The van der Waals surface area contributed by atoms with Crippen LogP contribution in [0.1, 0.15) is 22.5 Å². The molecule has 3 N–H and O–H groups in total. The van der Waals surface area contributed by atoms with Crippen LogP contribution in [-0.4, -0.2) is 58.8 Å². The Bertz CT molecular complexity index is 1080. The van der Waals surface area contributed by atoms with E-state index in [1.165, 1.54) is 0 Å². The van der Waals surface area contributed by atoms with Gasteiger partial charge >= 0.3 is 0 Å². The van der Waals surface area contributed by atoms with Gasteiger partial charge in [0.25, 0.3) is 5.91 Å². The number of rotatable bonds is 6. The summed E-state index contributed by atoms with van der Waals surface area (Å²) in [4.78, 5) is 30.5. The Morgan fingerprint density at radius 3 is 2.56 bits per heavy atom. The Labute approximate surface area is 197 Å². The van der Waals surface area contributed by atoms with E-state index < -0.39 is 11.6 Å². The zero-order valence-corrected chi connectivity index (χ0v) is 18.9. The third-order valence-corrected chi connectivity index (χ3v) is 5.56. The maximum absolute atomic E-state index is 13.0. The number of nitrogens with zero attached hydrogens (tertiary/aromatic N) is 1. The highest BCUT2D eigenvalue weighted by Crippen LogP contribution is 2.22. The van der Waals surface area contributed by atoms with Crippen molar-refractivity contribution in [1.29, 1.82) is 0 Å². The summed E-state index contributed by atoms with van der Waals surface area (Å²) in [6, 6.07) is 16.2. The predicted octanol–water partition coefficient (Wildman–Crippen LogP) is 3.15. The summed E-state index contributed by atoms with van der Waals surface area (Å²) in [5, 5.41) is 15.4. The molecular weight excluding hydrogens is 453 g/mol. The van der Waals surface area contributed by atoms with Crippen LogP contribution in [0.5, 0.6) is 0 Å². The van der Waals surface area contributed by atoms with Gasteiger partial charge in [0, 0.05) is 35.4 Å². The molecule has 1 aromatic heterocycles. The fourth-order valence-electron chi connectivity index (χ4n) is 3.76. The van der Waals surface area contributed by atoms with Gasteiger partial charge in [-0.25, -0.2) is 0 Å². The molecular formula is C23H25Cl2N3O4. The van der Waals surface area contributed by atoms with Crippen LogP contribution in [0.15, 0.2) is 54.6 Å². The topological polar surface area (TPSA) is 94.7 Å². The highest BCUT2D eigenvalue weighted by Gasteiger charge is 2.35. The number of carbonyl (C=O) groups excluding carboxylic acids is 2. The summed E-state index contributed by atoms with van der Waals surface area (Å²) in [7, 11) is 0. The zero-order valence-electron chi connectivity index (χ0n) is 17.3. The van der Waals surface area contributed by atoms with Crippen molar-refractivity contribution in [2.24, 2.45) is 0 Å². The Morgan fingerprint density at radius 1 is 1.12 bits per heavy atom. The Balaban J connectivity index is 0.00000289. The minimum atomic E-state index is -1.75. The molecule has 1 aliphatic rings. The molecule has 3 aromatic rings. The van der Waals surface area contributed by atoms with Crippen molar-refractivity contribution in [2.75, 3.05) is 26.3 Å². The van der Waals surface area contributed by atoms with E-state index in [9.17, 15) is 14.7 Å². The van der Waals surface area contributed by atoms with Crippen LogP contribution in [0.4, 0.5) is 0 Å². The van der Waals surface area contributed by atoms with Crippen LogP contribution in [0.2, 0.25) is 5.02 Å². The van der Waals surface area contributed by atoms with Gasteiger partial charge in [-0.1, -0.05) is 41.9 Å². The molecule has 1 fully saturated rings. The van der Waals surface area contributed by atoms with E-state index in [0.717, 1.165) is 16.5 Å². The number of carbonyl (C=O) groups is 2. The summed E-state index contributed by atoms with van der Waals surface area (Å²) in [6.07, 6.45) is -0.137. The number of nitrogens with one attached hydrogen (secondary N) is 2. The van der Waals surface area contributed by atoms with E-state index in [4.69, 9.17) is 16.3 Å². The van der Waals surface area contributed by atoms with Gasteiger partial charge < -0.3 is 25.0 Å². The smallest absolute Gasteiger partial charge is 0.269 e. The normalized spacial score (nSPS) is 15.6. The Hall–Kier alpha value is -2.58. The molecule has 32 heavy (non-hydrogen) atoms. The average Bonchev–Trinajstić information content (AvgIpc) is 3.18. The van der Waals surface area contributed by atoms with Crippen molar-refractivity contribution in [2.45, 2.75) is 18.6 Å². The Kier molecular flexibility index (Phi) is 7.79. The first-order valence-electron chi connectivity index (χ1n) is 10.1. The molecule has 170 valence electrons. The van der Waals surface area contributed by atoms with Crippen LogP contribution in [0.3, 0.4) is 0 Å². The van der Waals surface area contributed by atoms with Crippen LogP contribution >= 0.6 is 24.0 Å². The lowest BCUT2D eigenvalue weighted by molar-refractivity contribution is -0.141. The maximum atomic E-state index is 13.0. The van der Waals surface area contributed by atoms with Crippen LogP contribution in [-0.2, 0) is 16.0 Å². The third kappa shape index (κ3) is 5.81. The molecule has 0 saturated carbocycles. The first-order chi connectivity index (χ1) is 14.9. The minimum absolute atomic E-state index is 0. The number of amides is 2. The standard InChI is InChI=1S/C23H24ClN3O4.ClH/c24-18-6-7-19-17(12-18)13-20(25-19)22(29)26-23(30,14-16-4-2-1-3-5-16)15-21(28)27-8-10-31-11-9-27;/h1-7,12-13,25,30H,8-11,14-15H2,(H,26,29);1H. The number of ether oxygens (including phenoxy) is 1. The fraction of sp³-hybridized carbons (Fsp3) is 0.304. The number of aliphatic hydroxyl groups is 1. The van der Waals surface area contributed by atoms with E-state index in [1.807, 2.05) is 30.3 Å². The summed E-state index contributed by atoms with van der Waals surface area (Å²) < 4.78 is 5.30. The number of hydrogen-bond acceptors (Lipinski definition) is 4. The van der Waals surface area contributed by atoms with Crippen molar-refractivity contribution >= 4 is 46.7 Å². The number of aromatic amines is 1. The molecule has 0 aliphatic carbocycles. The van der Waals surface area contributed by atoms with Crippen LogP contribution < -0.4 is 5.32 Å². The predicted molar refractivity (Wildman–Crippen MR) is 125 cm³/mol. The highest BCUT2D eigenvalue weighted by molar-refractivity contribution is 6.31. The molecule has 2 aromatic carbocycles. The van der Waals surface area contributed by atoms with Crippen molar-refractivity contribution in [3.05, 3.63) is 70.9 Å². The van der Waals surface area contributed by atoms with Gasteiger partial charge in [0.1, 0.15) is 5.69 Å². The number of benzene rings is 2. The molecule has 9 heteroatoms. The largest absolute Gasteiger partial charge is 0.378 e. The average molecular weight is 478 g/mol. The number of fused-ring (bicyclic) bond motifs is 1. The van der Waals surface area contributed by atoms with E-state index >= 15 is 0 Å². The molecule has 0 bridgehead atoms. The molecule has 1 aliphatic heterocycles. The molecule has 1 saturated heterocycles. The highest BCUT2D eigenvalue weighted by atomic mass is 35.5. The quantitative estimate of drug-likeness (QED) is 0.475. The lowest BCUT2D eigenvalue weighted by atomic mass is 9.98. The molecule has 2 heterocycles. The minimum Gasteiger partial charge on any atom is -0.378 e. The van der Waals surface area contributed by atoms with Crippen molar-refractivity contribution < 1.29 is 19.4 Å². The second-order valence-electron chi connectivity index (χ2n) is 7.73. The molecule has 0 spiro atoms. The monoisotopic (exact) mass is 477 g/mol. The van der Waals surface area contributed by atoms with E-state index in [1.54, 1.807) is 29.2 Å². The number of morpholine rings is 1. The molecule has 2 amide bonds. The van der Waals surface area contributed by atoms with Gasteiger partial charge in [0.2, 0.25) is 5.91 Å². The Morgan fingerprint density at radius 2 is 1.84 bits per heavy atom. The van der Waals surface area contributed by atoms with E-state index in [2.05, 4.69) is 10.3 Å². The molecule has 7 nitrogen and oxygen atoms in total. The summed E-state index contributed by atoms with van der Waals surface area (Å²) in [5.74, 6) is -0.731. The second kappa shape index (κ2) is 10.4. The molecule has 1 atom stereocenters. The van der Waals surface area contributed by atoms with Crippen molar-refractivity contribution in [1.82, 2.24) is 15.2 Å². The summed E-state index contributed by atoms with van der Waals surface area (Å²) >= 11 is 6.03. The zero-order chi connectivity index (χ0) is 21.8.